The number of benzene rings is 1. The van der Waals surface area contributed by atoms with E-state index < -0.39 is 0 Å². The molecule has 0 saturated heterocycles. The van der Waals surface area contributed by atoms with Gasteiger partial charge in [-0.3, -0.25) is 4.90 Å². The monoisotopic (exact) mass is 231 g/mol. The minimum Gasteiger partial charge on any atom is -0.299 e. The van der Waals surface area contributed by atoms with Gasteiger partial charge in [-0.25, -0.2) is 4.39 Å². The van der Waals surface area contributed by atoms with Crippen LogP contribution in [-0.2, 0) is 6.42 Å². The van der Waals surface area contributed by atoms with E-state index in [9.17, 15) is 4.39 Å². The van der Waals surface area contributed by atoms with Crippen LogP contribution in [0.3, 0.4) is 0 Å². The van der Waals surface area contributed by atoms with Gasteiger partial charge in [-0.1, -0.05) is 18.2 Å². The van der Waals surface area contributed by atoms with Crippen molar-refractivity contribution in [3.63, 3.8) is 0 Å². The zero-order valence-corrected chi connectivity index (χ0v) is 10.0. The number of halogens is 1. The third-order valence-corrected chi connectivity index (χ3v) is 3.93. The Morgan fingerprint density at radius 3 is 3.06 bits per heavy atom. The predicted octanol–water partition coefficient (Wildman–Crippen LogP) is 3.12. The van der Waals surface area contributed by atoms with E-state index in [1.54, 1.807) is 12.1 Å². The van der Waals surface area contributed by atoms with Crippen molar-refractivity contribution in [3.05, 3.63) is 47.3 Å². The van der Waals surface area contributed by atoms with E-state index in [0.29, 0.717) is 5.92 Å². The molecule has 0 amide bonds. The van der Waals surface area contributed by atoms with Crippen LogP contribution in [0.1, 0.15) is 29.9 Å². The molecule has 0 radical (unpaired) electrons. The van der Waals surface area contributed by atoms with Crippen LogP contribution in [0.4, 0.5) is 4.39 Å². The number of aryl methyl sites for hydroxylation is 1. The Morgan fingerprint density at radius 2 is 2.24 bits per heavy atom. The molecule has 1 aliphatic heterocycles. The molecule has 1 aliphatic carbocycles. The van der Waals surface area contributed by atoms with E-state index in [1.165, 1.54) is 17.5 Å². The van der Waals surface area contributed by atoms with Gasteiger partial charge >= 0.3 is 0 Å². The summed E-state index contributed by atoms with van der Waals surface area (Å²) in [6.45, 7) is 3.29. The highest BCUT2D eigenvalue weighted by Gasteiger charge is 2.24. The van der Waals surface area contributed by atoms with E-state index in [4.69, 9.17) is 0 Å². The zero-order valence-electron chi connectivity index (χ0n) is 10.0. The molecule has 0 aromatic heterocycles. The molecule has 1 aromatic rings. The standard InChI is InChI=1S/C15H18FN/c16-14-7-6-12-4-5-13(15(12)10-14)11-17-8-2-1-3-9-17/h1-2,6-7,10,13H,3-5,8-9,11H2. The van der Waals surface area contributed by atoms with Crippen LogP contribution >= 0.6 is 0 Å². The lowest BCUT2D eigenvalue weighted by Gasteiger charge is -2.26. The summed E-state index contributed by atoms with van der Waals surface area (Å²) >= 11 is 0. The van der Waals surface area contributed by atoms with Crippen molar-refractivity contribution in [1.29, 1.82) is 0 Å². The van der Waals surface area contributed by atoms with Gasteiger partial charge in [0.25, 0.3) is 0 Å². The van der Waals surface area contributed by atoms with Gasteiger partial charge in [-0.2, -0.15) is 0 Å². The fourth-order valence-electron chi connectivity index (χ4n) is 3.02. The number of nitrogens with zero attached hydrogens (tertiary/aromatic N) is 1. The summed E-state index contributed by atoms with van der Waals surface area (Å²) in [7, 11) is 0. The molecule has 0 saturated carbocycles. The number of hydrogen-bond acceptors (Lipinski definition) is 1. The van der Waals surface area contributed by atoms with Crippen LogP contribution in [0.25, 0.3) is 0 Å². The smallest absolute Gasteiger partial charge is 0.123 e. The first-order chi connectivity index (χ1) is 8.33. The number of hydrogen-bond donors (Lipinski definition) is 0. The number of rotatable bonds is 2. The molecule has 17 heavy (non-hydrogen) atoms. The van der Waals surface area contributed by atoms with Gasteiger partial charge in [0, 0.05) is 19.6 Å². The molecule has 2 aliphatic rings. The highest BCUT2D eigenvalue weighted by atomic mass is 19.1. The summed E-state index contributed by atoms with van der Waals surface area (Å²) in [5, 5.41) is 0. The van der Waals surface area contributed by atoms with Crippen molar-refractivity contribution in [1.82, 2.24) is 4.90 Å². The maximum atomic E-state index is 13.3. The molecule has 1 heterocycles. The van der Waals surface area contributed by atoms with Crippen LogP contribution in [0, 0.1) is 5.82 Å². The van der Waals surface area contributed by atoms with Crippen molar-refractivity contribution < 1.29 is 4.39 Å². The van der Waals surface area contributed by atoms with Crippen LogP contribution in [0.2, 0.25) is 0 Å². The Kier molecular flexibility index (Phi) is 2.98. The van der Waals surface area contributed by atoms with Gasteiger partial charge in [-0.15, -0.1) is 0 Å². The van der Waals surface area contributed by atoms with Crippen LogP contribution in [-0.4, -0.2) is 24.5 Å². The summed E-state index contributed by atoms with van der Waals surface area (Å²) in [5.74, 6) is 0.446. The molecular weight excluding hydrogens is 213 g/mol. The van der Waals surface area contributed by atoms with Crippen LogP contribution in [0.15, 0.2) is 30.4 Å². The predicted molar refractivity (Wildman–Crippen MR) is 67.7 cm³/mol. The Bertz CT molecular complexity index is 439. The van der Waals surface area contributed by atoms with Crippen LogP contribution in [0.5, 0.6) is 0 Å². The Balaban J connectivity index is 1.74. The molecule has 1 nitrogen and oxygen atoms in total. The molecule has 2 heteroatoms. The van der Waals surface area contributed by atoms with E-state index in [2.05, 4.69) is 17.1 Å². The van der Waals surface area contributed by atoms with E-state index in [0.717, 1.165) is 32.5 Å². The second-order valence-corrected chi connectivity index (χ2v) is 5.10. The normalized spacial score (nSPS) is 23.9. The van der Waals surface area contributed by atoms with Gasteiger partial charge in [0.2, 0.25) is 0 Å². The van der Waals surface area contributed by atoms with Gasteiger partial charge in [-0.05, 0) is 48.4 Å². The summed E-state index contributed by atoms with van der Waals surface area (Å²) < 4.78 is 13.3. The molecule has 1 unspecified atom stereocenters. The van der Waals surface area contributed by atoms with E-state index in [-0.39, 0.29) is 5.82 Å². The minimum atomic E-state index is -0.0887. The molecule has 1 atom stereocenters. The highest BCUT2D eigenvalue weighted by Crippen LogP contribution is 2.34. The third-order valence-electron chi connectivity index (χ3n) is 3.93. The first-order valence-corrected chi connectivity index (χ1v) is 6.48. The maximum Gasteiger partial charge on any atom is 0.123 e. The Labute approximate surface area is 102 Å². The fourth-order valence-corrected chi connectivity index (χ4v) is 3.02. The first kappa shape index (κ1) is 11.0. The first-order valence-electron chi connectivity index (χ1n) is 6.48. The fraction of sp³-hybridized carbons (Fsp3) is 0.467. The maximum absolute atomic E-state index is 13.3. The average Bonchev–Trinajstić information content (AvgIpc) is 2.73. The molecular formula is C15H18FN. The summed E-state index contributed by atoms with van der Waals surface area (Å²) in [6.07, 6.45) is 7.94. The second kappa shape index (κ2) is 4.61. The summed E-state index contributed by atoms with van der Waals surface area (Å²) in [4.78, 5) is 2.48. The molecule has 1 aromatic carbocycles. The van der Waals surface area contributed by atoms with Gasteiger partial charge in [0.1, 0.15) is 5.82 Å². The van der Waals surface area contributed by atoms with Crippen molar-refractivity contribution in [2.75, 3.05) is 19.6 Å². The van der Waals surface area contributed by atoms with Crippen molar-refractivity contribution >= 4 is 0 Å². The largest absolute Gasteiger partial charge is 0.299 e. The molecule has 0 fully saturated rings. The average molecular weight is 231 g/mol. The molecule has 3 rings (SSSR count). The lowest BCUT2D eigenvalue weighted by Crippen LogP contribution is -2.31. The van der Waals surface area contributed by atoms with Gasteiger partial charge in [0.05, 0.1) is 0 Å². The SMILES string of the molecule is Fc1ccc2c(c1)C(CN1CC=CCC1)CC2. The quantitative estimate of drug-likeness (QED) is 0.707. The Hall–Kier alpha value is -1.15. The Morgan fingerprint density at radius 1 is 1.29 bits per heavy atom. The molecule has 0 spiro atoms. The van der Waals surface area contributed by atoms with Gasteiger partial charge in [0.15, 0.2) is 0 Å². The van der Waals surface area contributed by atoms with Crippen molar-refractivity contribution in [2.24, 2.45) is 0 Å². The molecule has 90 valence electrons. The number of fused-ring (bicyclic) bond motifs is 1. The minimum absolute atomic E-state index is 0.0887. The highest BCUT2D eigenvalue weighted by molar-refractivity contribution is 5.35. The van der Waals surface area contributed by atoms with E-state index >= 15 is 0 Å². The summed E-state index contributed by atoms with van der Waals surface area (Å²) in [6, 6.07) is 5.29. The molecule has 0 bridgehead atoms. The van der Waals surface area contributed by atoms with Crippen molar-refractivity contribution in [2.45, 2.75) is 25.2 Å². The lowest BCUT2D eigenvalue weighted by molar-refractivity contribution is 0.278. The topological polar surface area (TPSA) is 3.24 Å². The third kappa shape index (κ3) is 2.27. The molecule has 0 N–H and O–H groups in total. The zero-order chi connectivity index (χ0) is 11.7. The van der Waals surface area contributed by atoms with Crippen molar-refractivity contribution in [3.8, 4) is 0 Å². The van der Waals surface area contributed by atoms with E-state index in [1.807, 2.05) is 6.07 Å². The second-order valence-electron chi connectivity index (χ2n) is 5.10. The van der Waals surface area contributed by atoms with Crippen LogP contribution < -0.4 is 0 Å². The lowest BCUT2D eigenvalue weighted by atomic mass is 10.00. The van der Waals surface area contributed by atoms with Gasteiger partial charge < -0.3 is 0 Å². The summed E-state index contributed by atoms with van der Waals surface area (Å²) in [5.41, 5.74) is 2.60.